The maximum Gasteiger partial charge on any atom is 0.0649 e. The van der Waals surface area contributed by atoms with Crippen molar-refractivity contribution in [1.29, 1.82) is 0 Å². The van der Waals surface area contributed by atoms with Gasteiger partial charge in [0.25, 0.3) is 0 Å². The van der Waals surface area contributed by atoms with Crippen molar-refractivity contribution in [3.63, 3.8) is 0 Å². The Morgan fingerprint density at radius 1 is 1.11 bits per heavy atom. The van der Waals surface area contributed by atoms with Crippen molar-refractivity contribution in [1.82, 2.24) is 4.98 Å². The summed E-state index contributed by atoms with van der Waals surface area (Å²) in [5, 5.41) is 0. The van der Waals surface area contributed by atoms with Crippen LogP contribution >= 0.6 is 0 Å². The predicted octanol–water partition coefficient (Wildman–Crippen LogP) is 2.25. The fourth-order valence-electron chi connectivity index (χ4n) is 2.37. The second-order valence-electron chi connectivity index (χ2n) is 4.54. The third-order valence-corrected chi connectivity index (χ3v) is 3.30. The zero-order valence-electron chi connectivity index (χ0n) is 10.4. The van der Waals surface area contributed by atoms with Gasteiger partial charge in [-0.1, -0.05) is 12.1 Å². The maximum atomic E-state index is 5.81. The van der Waals surface area contributed by atoms with Crippen molar-refractivity contribution in [2.75, 3.05) is 35.7 Å². The van der Waals surface area contributed by atoms with Crippen molar-refractivity contribution in [2.24, 2.45) is 0 Å². The summed E-state index contributed by atoms with van der Waals surface area (Å²) in [5.41, 5.74) is 10.0. The highest BCUT2D eigenvalue weighted by Crippen LogP contribution is 2.36. The first-order chi connectivity index (χ1) is 8.75. The fourth-order valence-corrected chi connectivity index (χ4v) is 2.37. The summed E-state index contributed by atoms with van der Waals surface area (Å²) in [6.45, 7) is 1.93. The average molecular weight is 240 g/mol. The lowest BCUT2D eigenvalue weighted by molar-refractivity contribution is 0.821. The summed E-state index contributed by atoms with van der Waals surface area (Å²) in [7, 11) is 2.12. The van der Waals surface area contributed by atoms with Crippen molar-refractivity contribution < 1.29 is 0 Å². The van der Waals surface area contributed by atoms with Crippen LogP contribution in [0.4, 0.5) is 22.7 Å². The van der Waals surface area contributed by atoms with Gasteiger partial charge in [-0.3, -0.25) is 4.98 Å². The van der Waals surface area contributed by atoms with Crippen LogP contribution in [0.25, 0.3) is 0 Å². The van der Waals surface area contributed by atoms with E-state index < -0.39 is 0 Å². The first kappa shape index (κ1) is 10.9. The summed E-state index contributed by atoms with van der Waals surface area (Å²) in [6.07, 6.45) is 3.53. The molecular formula is C14H16N4. The third kappa shape index (κ3) is 1.76. The van der Waals surface area contributed by atoms with Gasteiger partial charge in [-0.15, -0.1) is 0 Å². The Labute approximate surface area is 107 Å². The van der Waals surface area contributed by atoms with Gasteiger partial charge < -0.3 is 15.5 Å². The van der Waals surface area contributed by atoms with E-state index in [0.717, 1.165) is 18.8 Å². The van der Waals surface area contributed by atoms with Gasteiger partial charge in [-0.2, -0.15) is 0 Å². The molecule has 0 spiro atoms. The molecule has 4 nitrogen and oxygen atoms in total. The molecule has 2 N–H and O–H groups in total. The van der Waals surface area contributed by atoms with Crippen LogP contribution in [-0.2, 0) is 0 Å². The molecule has 4 heteroatoms. The lowest BCUT2D eigenvalue weighted by atomic mass is 10.1. The Kier molecular flexibility index (Phi) is 2.55. The topological polar surface area (TPSA) is 45.4 Å². The molecule has 0 atom stereocenters. The van der Waals surface area contributed by atoms with Crippen LogP contribution in [0.15, 0.2) is 42.7 Å². The van der Waals surface area contributed by atoms with E-state index >= 15 is 0 Å². The number of nitrogens with two attached hydrogens (primary N) is 1. The molecule has 0 unspecified atom stereocenters. The quantitative estimate of drug-likeness (QED) is 0.830. The van der Waals surface area contributed by atoms with Crippen LogP contribution in [-0.4, -0.2) is 25.1 Å². The number of pyridine rings is 1. The monoisotopic (exact) mass is 240 g/mol. The number of hydrogen-bond acceptors (Lipinski definition) is 4. The van der Waals surface area contributed by atoms with Gasteiger partial charge in [-0.25, -0.2) is 0 Å². The molecule has 92 valence electrons. The minimum Gasteiger partial charge on any atom is -0.397 e. The maximum absolute atomic E-state index is 5.81. The lowest BCUT2D eigenvalue weighted by Gasteiger charge is -2.36. The predicted molar refractivity (Wildman–Crippen MR) is 75.4 cm³/mol. The largest absolute Gasteiger partial charge is 0.397 e. The molecule has 2 heterocycles. The molecule has 0 bridgehead atoms. The Morgan fingerprint density at radius 3 is 2.67 bits per heavy atom. The van der Waals surface area contributed by atoms with E-state index in [-0.39, 0.29) is 0 Å². The molecule has 0 saturated heterocycles. The van der Waals surface area contributed by atoms with E-state index in [1.54, 1.807) is 6.20 Å². The van der Waals surface area contributed by atoms with Crippen LogP contribution in [0.2, 0.25) is 0 Å². The molecular weight excluding hydrogens is 224 g/mol. The molecule has 1 aliphatic heterocycles. The van der Waals surface area contributed by atoms with Crippen LogP contribution in [0, 0.1) is 0 Å². The molecule has 1 aliphatic rings. The summed E-state index contributed by atoms with van der Waals surface area (Å²) >= 11 is 0. The number of rotatable bonds is 1. The SMILES string of the molecule is CN1CCN(c2cncc(N)c2)c2ccccc21. The number of aromatic nitrogens is 1. The lowest BCUT2D eigenvalue weighted by Crippen LogP contribution is -2.36. The minimum absolute atomic E-state index is 0.698. The van der Waals surface area contributed by atoms with E-state index in [9.17, 15) is 0 Å². The van der Waals surface area contributed by atoms with Gasteiger partial charge in [0, 0.05) is 26.3 Å². The molecule has 0 amide bonds. The Bertz CT molecular complexity index is 567. The summed E-state index contributed by atoms with van der Waals surface area (Å²) in [4.78, 5) is 8.70. The molecule has 1 aromatic carbocycles. The highest BCUT2D eigenvalue weighted by atomic mass is 15.3. The van der Waals surface area contributed by atoms with Crippen LogP contribution in [0.3, 0.4) is 0 Å². The average Bonchev–Trinajstić information content (AvgIpc) is 2.39. The van der Waals surface area contributed by atoms with Crippen molar-refractivity contribution in [2.45, 2.75) is 0 Å². The second kappa shape index (κ2) is 4.22. The number of likely N-dealkylation sites (N-methyl/N-ethyl adjacent to an activating group) is 1. The van der Waals surface area contributed by atoms with E-state index in [0.29, 0.717) is 5.69 Å². The van der Waals surface area contributed by atoms with Crippen LogP contribution in [0.5, 0.6) is 0 Å². The number of hydrogen-bond donors (Lipinski definition) is 1. The summed E-state index contributed by atoms with van der Waals surface area (Å²) in [6, 6.07) is 10.4. The highest BCUT2D eigenvalue weighted by Gasteiger charge is 2.20. The molecule has 0 radical (unpaired) electrons. The molecule has 1 aromatic heterocycles. The van der Waals surface area contributed by atoms with Crippen molar-refractivity contribution in [3.05, 3.63) is 42.7 Å². The zero-order valence-corrected chi connectivity index (χ0v) is 10.4. The molecule has 0 fully saturated rings. The minimum atomic E-state index is 0.698. The number of nitrogens with zero attached hydrogens (tertiary/aromatic N) is 3. The molecule has 3 rings (SSSR count). The molecule has 0 saturated carbocycles. The van der Waals surface area contributed by atoms with Crippen molar-refractivity contribution >= 4 is 22.7 Å². The van der Waals surface area contributed by atoms with Crippen LogP contribution < -0.4 is 15.5 Å². The van der Waals surface area contributed by atoms with Crippen LogP contribution in [0.1, 0.15) is 0 Å². The van der Waals surface area contributed by atoms with E-state index in [2.05, 4.69) is 46.1 Å². The Balaban J connectivity index is 2.07. The first-order valence-electron chi connectivity index (χ1n) is 6.04. The van der Waals surface area contributed by atoms with E-state index in [4.69, 9.17) is 5.73 Å². The van der Waals surface area contributed by atoms with Gasteiger partial charge in [0.1, 0.15) is 0 Å². The number of benzene rings is 1. The second-order valence-corrected chi connectivity index (χ2v) is 4.54. The number of para-hydroxylation sites is 2. The van der Waals surface area contributed by atoms with E-state index in [1.165, 1.54) is 11.4 Å². The van der Waals surface area contributed by atoms with Gasteiger partial charge >= 0.3 is 0 Å². The standard InChI is InChI=1S/C14H16N4/c1-17-6-7-18(12-8-11(15)9-16-10-12)14-5-3-2-4-13(14)17/h2-5,8-10H,6-7,15H2,1H3. The fraction of sp³-hybridized carbons (Fsp3) is 0.214. The first-order valence-corrected chi connectivity index (χ1v) is 6.04. The van der Waals surface area contributed by atoms with Crippen molar-refractivity contribution in [3.8, 4) is 0 Å². The number of anilines is 4. The molecule has 2 aromatic rings. The smallest absolute Gasteiger partial charge is 0.0649 e. The molecule has 0 aliphatic carbocycles. The normalized spacial score (nSPS) is 14.5. The van der Waals surface area contributed by atoms with Gasteiger partial charge in [-0.05, 0) is 18.2 Å². The van der Waals surface area contributed by atoms with Gasteiger partial charge in [0.2, 0.25) is 0 Å². The highest BCUT2D eigenvalue weighted by molar-refractivity contribution is 5.79. The van der Waals surface area contributed by atoms with Gasteiger partial charge in [0.05, 0.1) is 28.9 Å². The molecule has 18 heavy (non-hydrogen) atoms. The number of nitrogen functional groups attached to an aromatic ring is 1. The third-order valence-electron chi connectivity index (χ3n) is 3.30. The zero-order chi connectivity index (χ0) is 12.5. The number of fused-ring (bicyclic) bond motifs is 1. The summed E-state index contributed by atoms with van der Waals surface area (Å²) < 4.78 is 0. The van der Waals surface area contributed by atoms with Gasteiger partial charge in [0.15, 0.2) is 0 Å². The Morgan fingerprint density at radius 2 is 1.89 bits per heavy atom. The summed E-state index contributed by atoms with van der Waals surface area (Å²) in [5.74, 6) is 0. The Hall–Kier alpha value is -2.23. The van der Waals surface area contributed by atoms with E-state index in [1.807, 2.05) is 12.3 Å².